The number of aryl methyl sites for hydroxylation is 1. The van der Waals surface area contributed by atoms with Crippen molar-refractivity contribution in [3.8, 4) is 0 Å². The van der Waals surface area contributed by atoms with Crippen molar-refractivity contribution in [2.45, 2.75) is 26.3 Å². The van der Waals surface area contributed by atoms with Gasteiger partial charge in [0.15, 0.2) is 0 Å². The van der Waals surface area contributed by atoms with Crippen molar-refractivity contribution in [2.24, 2.45) is 0 Å². The third-order valence-corrected chi connectivity index (χ3v) is 3.76. The maximum atomic E-state index is 12.0. The van der Waals surface area contributed by atoms with E-state index in [1.54, 1.807) is 23.1 Å². The van der Waals surface area contributed by atoms with Crippen LogP contribution in [0.15, 0.2) is 23.3 Å². The number of hydrogen-bond donors (Lipinski definition) is 1. The topological polar surface area (TPSA) is 90.0 Å². The third kappa shape index (κ3) is 3.07. The molecule has 0 radical (unpaired) electrons. The number of anilines is 1. The highest BCUT2D eigenvalue weighted by molar-refractivity contribution is 7.20. The predicted octanol–water partition coefficient (Wildman–Crippen LogP) is 0.807. The van der Waals surface area contributed by atoms with Crippen molar-refractivity contribution >= 4 is 21.4 Å². The molecule has 9 heteroatoms. The smallest absolute Gasteiger partial charge is 0.275 e. The van der Waals surface area contributed by atoms with Gasteiger partial charge in [-0.15, -0.1) is 10.2 Å². The van der Waals surface area contributed by atoms with E-state index < -0.39 is 0 Å². The van der Waals surface area contributed by atoms with E-state index in [9.17, 15) is 4.79 Å². The highest BCUT2D eigenvalue weighted by Gasteiger charge is 2.08. The summed E-state index contributed by atoms with van der Waals surface area (Å²) in [4.78, 5) is 17.0. The Bertz CT molecular complexity index is 777. The molecule has 110 valence electrons. The quantitative estimate of drug-likeness (QED) is 0.724. The fourth-order valence-corrected chi connectivity index (χ4v) is 2.79. The molecule has 0 amide bonds. The predicted molar refractivity (Wildman–Crippen MR) is 79.6 cm³/mol. The summed E-state index contributed by atoms with van der Waals surface area (Å²) in [5.41, 5.74) is 0.685. The third-order valence-electron chi connectivity index (χ3n) is 2.89. The van der Waals surface area contributed by atoms with Gasteiger partial charge < -0.3 is 5.32 Å². The summed E-state index contributed by atoms with van der Waals surface area (Å²) in [6.45, 7) is 3.40. The lowest BCUT2D eigenvalue weighted by Crippen LogP contribution is -2.16. The molecule has 3 rings (SSSR count). The van der Waals surface area contributed by atoms with Crippen LogP contribution in [0.5, 0.6) is 0 Å². The highest BCUT2D eigenvalue weighted by Crippen LogP contribution is 2.16. The van der Waals surface area contributed by atoms with Crippen molar-refractivity contribution in [3.63, 3.8) is 0 Å². The Hall–Kier alpha value is -2.29. The number of hydrogen-bond acceptors (Lipinski definition) is 7. The summed E-state index contributed by atoms with van der Waals surface area (Å²) < 4.78 is 3.06. The molecule has 1 N–H and O–H groups in total. The van der Waals surface area contributed by atoms with E-state index in [0.29, 0.717) is 23.2 Å². The zero-order valence-electron chi connectivity index (χ0n) is 11.6. The normalized spacial score (nSPS) is 11.1. The molecule has 0 aromatic carbocycles. The van der Waals surface area contributed by atoms with Crippen LogP contribution in [-0.4, -0.2) is 36.1 Å². The second kappa shape index (κ2) is 6.00. The molecule has 3 aromatic rings. The van der Waals surface area contributed by atoms with Gasteiger partial charge in [0.2, 0.25) is 10.1 Å². The van der Waals surface area contributed by atoms with E-state index in [0.717, 1.165) is 18.5 Å². The van der Waals surface area contributed by atoms with E-state index in [2.05, 4.69) is 32.6 Å². The fourth-order valence-electron chi connectivity index (χ4n) is 1.94. The van der Waals surface area contributed by atoms with Crippen LogP contribution < -0.4 is 10.9 Å². The minimum Gasteiger partial charge on any atom is -0.358 e. The van der Waals surface area contributed by atoms with Gasteiger partial charge in [0, 0.05) is 24.5 Å². The maximum absolute atomic E-state index is 12.0. The van der Waals surface area contributed by atoms with Crippen molar-refractivity contribution in [1.82, 2.24) is 29.6 Å². The summed E-state index contributed by atoms with van der Waals surface area (Å²) in [6.07, 6.45) is 5.20. The van der Waals surface area contributed by atoms with Gasteiger partial charge in [-0.2, -0.15) is 4.52 Å². The second-order valence-electron chi connectivity index (χ2n) is 4.53. The molecule has 3 heterocycles. The number of fused-ring (bicyclic) bond motifs is 1. The first-order valence-electron chi connectivity index (χ1n) is 6.74. The largest absolute Gasteiger partial charge is 0.358 e. The van der Waals surface area contributed by atoms with Gasteiger partial charge in [0.25, 0.3) is 5.56 Å². The van der Waals surface area contributed by atoms with Crippen molar-refractivity contribution in [2.75, 3.05) is 11.9 Å². The van der Waals surface area contributed by atoms with E-state index in [1.807, 2.05) is 0 Å². The van der Waals surface area contributed by atoms with Crippen molar-refractivity contribution < 1.29 is 0 Å². The van der Waals surface area contributed by atoms with Crippen LogP contribution in [0, 0.1) is 0 Å². The standard InChI is InChI=1S/C12H15N7OS/c1-2-3-9-8-10(20)19-12(15-9)21-11(16-19)13-4-6-18-7-5-14-17-18/h5,7-8H,2-4,6H2,1H3,(H,13,16). The lowest BCUT2D eigenvalue weighted by Gasteiger charge is -2.00. The van der Waals surface area contributed by atoms with E-state index in [4.69, 9.17) is 0 Å². The van der Waals surface area contributed by atoms with Crippen LogP contribution in [0.3, 0.4) is 0 Å². The molecule has 0 saturated heterocycles. The molecule has 0 aliphatic heterocycles. The molecule has 3 aromatic heterocycles. The van der Waals surface area contributed by atoms with Gasteiger partial charge in [-0.3, -0.25) is 9.48 Å². The second-order valence-corrected chi connectivity index (χ2v) is 5.49. The summed E-state index contributed by atoms with van der Waals surface area (Å²) in [6, 6.07) is 1.55. The van der Waals surface area contributed by atoms with Crippen LogP contribution in [0.4, 0.5) is 5.13 Å². The molecule has 0 aliphatic carbocycles. The lowest BCUT2D eigenvalue weighted by atomic mass is 10.2. The Morgan fingerprint density at radius 2 is 2.33 bits per heavy atom. The summed E-state index contributed by atoms with van der Waals surface area (Å²) in [7, 11) is 0. The van der Waals surface area contributed by atoms with E-state index in [1.165, 1.54) is 15.9 Å². The molecule has 0 saturated carbocycles. The van der Waals surface area contributed by atoms with Crippen molar-refractivity contribution in [1.29, 1.82) is 0 Å². The van der Waals surface area contributed by atoms with E-state index in [-0.39, 0.29) is 5.56 Å². The number of nitrogens with zero attached hydrogens (tertiary/aromatic N) is 6. The first-order valence-corrected chi connectivity index (χ1v) is 7.55. The molecule has 0 aliphatic rings. The molecule has 0 unspecified atom stereocenters. The maximum Gasteiger partial charge on any atom is 0.275 e. The van der Waals surface area contributed by atoms with E-state index >= 15 is 0 Å². The number of aromatic nitrogens is 6. The fraction of sp³-hybridized carbons (Fsp3) is 0.417. The van der Waals surface area contributed by atoms with Crippen LogP contribution in [0.1, 0.15) is 19.0 Å². The van der Waals surface area contributed by atoms with Gasteiger partial charge in [-0.25, -0.2) is 4.98 Å². The molecule has 0 bridgehead atoms. The Morgan fingerprint density at radius 3 is 3.10 bits per heavy atom. The molecular weight excluding hydrogens is 290 g/mol. The van der Waals surface area contributed by atoms with Gasteiger partial charge in [0.05, 0.1) is 12.7 Å². The average molecular weight is 305 g/mol. The number of rotatable bonds is 6. The van der Waals surface area contributed by atoms with Crippen LogP contribution >= 0.6 is 11.3 Å². The van der Waals surface area contributed by atoms with Crippen LogP contribution in [-0.2, 0) is 13.0 Å². The zero-order chi connectivity index (χ0) is 14.7. The Morgan fingerprint density at radius 1 is 1.43 bits per heavy atom. The minimum absolute atomic E-state index is 0.135. The molecular formula is C12H15N7OS. The Labute approximate surface area is 124 Å². The SMILES string of the molecule is CCCc1cc(=O)n2nc(NCCn3ccnn3)sc2n1. The molecule has 0 fully saturated rings. The Balaban J connectivity index is 1.74. The molecule has 8 nitrogen and oxygen atoms in total. The summed E-state index contributed by atoms with van der Waals surface area (Å²) >= 11 is 1.37. The average Bonchev–Trinajstić information content (AvgIpc) is 3.08. The monoisotopic (exact) mass is 305 g/mol. The van der Waals surface area contributed by atoms with Gasteiger partial charge >= 0.3 is 0 Å². The van der Waals surface area contributed by atoms with Gasteiger partial charge in [0.1, 0.15) is 0 Å². The van der Waals surface area contributed by atoms with Gasteiger partial charge in [-0.05, 0) is 6.42 Å². The first kappa shape index (κ1) is 13.7. The van der Waals surface area contributed by atoms with Crippen molar-refractivity contribution in [3.05, 3.63) is 34.5 Å². The van der Waals surface area contributed by atoms with Gasteiger partial charge in [-0.1, -0.05) is 29.9 Å². The highest BCUT2D eigenvalue weighted by atomic mass is 32.1. The molecule has 0 spiro atoms. The summed E-state index contributed by atoms with van der Waals surface area (Å²) in [5, 5.41) is 15.7. The van der Waals surface area contributed by atoms with Crippen LogP contribution in [0.25, 0.3) is 4.96 Å². The minimum atomic E-state index is -0.135. The first-order chi connectivity index (χ1) is 10.3. The zero-order valence-corrected chi connectivity index (χ0v) is 12.4. The molecule has 21 heavy (non-hydrogen) atoms. The van der Waals surface area contributed by atoms with Crippen LogP contribution in [0.2, 0.25) is 0 Å². The Kier molecular flexibility index (Phi) is 3.91. The molecule has 0 atom stereocenters. The number of nitrogens with one attached hydrogen (secondary N) is 1. The summed E-state index contributed by atoms with van der Waals surface area (Å²) in [5.74, 6) is 0. The lowest BCUT2D eigenvalue weighted by molar-refractivity contribution is 0.608.